The first-order valence-corrected chi connectivity index (χ1v) is 10.2. The van der Waals surface area contributed by atoms with E-state index in [0.717, 1.165) is 29.6 Å². The van der Waals surface area contributed by atoms with Crippen molar-refractivity contribution in [3.05, 3.63) is 35.4 Å². The van der Waals surface area contributed by atoms with Gasteiger partial charge in [0.25, 0.3) is 11.8 Å². The van der Waals surface area contributed by atoms with Gasteiger partial charge in [-0.2, -0.15) is 0 Å². The van der Waals surface area contributed by atoms with Gasteiger partial charge in [0.15, 0.2) is 0 Å². The van der Waals surface area contributed by atoms with Gasteiger partial charge in [-0.1, -0.05) is 25.0 Å². The minimum Gasteiger partial charge on any atom is -0.338 e. The fourth-order valence-corrected chi connectivity index (χ4v) is 6.49. The maximum absolute atomic E-state index is 13.2. The van der Waals surface area contributed by atoms with Crippen LogP contribution in [0.3, 0.4) is 0 Å². The number of benzene rings is 1. The Bertz CT molecular complexity index is 800. The average Bonchev–Trinajstić information content (AvgIpc) is 3.25. The molecule has 0 N–H and O–H groups in total. The summed E-state index contributed by atoms with van der Waals surface area (Å²) in [5, 5.41) is 0. The predicted octanol–water partition coefficient (Wildman–Crippen LogP) is 3.10. The monoisotopic (exact) mass is 366 g/mol. The molecule has 5 heteroatoms. The van der Waals surface area contributed by atoms with E-state index in [9.17, 15) is 14.4 Å². The lowest BCUT2D eigenvalue weighted by Crippen LogP contribution is -2.60. The number of likely N-dealkylation sites (N-methyl/N-ethyl adjacent to an activating group) is 1. The van der Waals surface area contributed by atoms with Crippen molar-refractivity contribution >= 4 is 17.7 Å². The zero-order chi connectivity index (χ0) is 18.8. The van der Waals surface area contributed by atoms with Gasteiger partial charge < -0.3 is 4.90 Å². The van der Waals surface area contributed by atoms with Crippen LogP contribution in [0.1, 0.15) is 65.7 Å². The number of amides is 3. The van der Waals surface area contributed by atoms with E-state index in [4.69, 9.17) is 0 Å². The fourth-order valence-electron chi connectivity index (χ4n) is 6.49. The largest absolute Gasteiger partial charge is 0.338 e. The fraction of sp³-hybridized carbons (Fsp3) is 0.591. The molecule has 4 atom stereocenters. The summed E-state index contributed by atoms with van der Waals surface area (Å²) in [4.78, 5) is 41.5. The Hall–Kier alpha value is -2.17. The number of carbonyl (C=O) groups excluding carboxylic acids is 3. The number of hydrogen-bond acceptors (Lipinski definition) is 3. The number of fused-ring (bicyclic) bond motifs is 7. The second-order valence-corrected chi connectivity index (χ2v) is 8.92. The number of carbonyl (C=O) groups is 3. The molecule has 27 heavy (non-hydrogen) atoms. The third kappa shape index (κ3) is 2.33. The van der Waals surface area contributed by atoms with Crippen LogP contribution in [0.25, 0.3) is 0 Å². The number of hydrogen-bond donors (Lipinski definition) is 0. The van der Waals surface area contributed by atoms with Crippen LogP contribution in [0.5, 0.6) is 0 Å². The third-order valence-corrected chi connectivity index (χ3v) is 7.91. The second-order valence-electron chi connectivity index (χ2n) is 8.92. The molecule has 5 rings (SSSR count). The smallest absolute Gasteiger partial charge is 0.262 e. The number of nitrogens with zero attached hydrogens (tertiary/aromatic N) is 2. The Morgan fingerprint density at radius 1 is 1.11 bits per heavy atom. The van der Waals surface area contributed by atoms with Gasteiger partial charge in [-0.25, -0.2) is 0 Å². The summed E-state index contributed by atoms with van der Waals surface area (Å²) in [5.74, 6) is 1.38. The molecule has 0 aromatic heterocycles. The van der Waals surface area contributed by atoms with E-state index >= 15 is 0 Å². The van der Waals surface area contributed by atoms with E-state index in [2.05, 4.69) is 0 Å². The lowest BCUT2D eigenvalue weighted by atomic mass is 9.61. The van der Waals surface area contributed by atoms with Crippen molar-refractivity contribution < 1.29 is 14.4 Å². The standard InChI is InChI=1S/C22H26N2O3/c1-23(22-10-4-5-15(12-22)14-8-9-16(22)11-14)19(25)13-24-20(26)17-6-2-3-7-18(17)21(24)27/h2-3,6-7,14-16H,4-5,8-13H2,1H3. The minimum absolute atomic E-state index is 0.0638. The van der Waals surface area contributed by atoms with Crippen molar-refractivity contribution in [2.45, 2.75) is 50.5 Å². The first-order chi connectivity index (χ1) is 13.0. The van der Waals surface area contributed by atoms with Crippen molar-refractivity contribution in [1.82, 2.24) is 9.80 Å². The van der Waals surface area contributed by atoms with Crippen LogP contribution in [0, 0.1) is 17.8 Å². The van der Waals surface area contributed by atoms with Crippen molar-refractivity contribution in [2.75, 3.05) is 13.6 Å². The summed E-state index contributed by atoms with van der Waals surface area (Å²) in [6.45, 7) is -0.147. The summed E-state index contributed by atoms with van der Waals surface area (Å²) in [6, 6.07) is 6.82. The molecule has 3 aliphatic carbocycles. The van der Waals surface area contributed by atoms with Crippen LogP contribution < -0.4 is 0 Å². The molecule has 5 nitrogen and oxygen atoms in total. The van der Waals surface area contributed by atoms with Crippen molar-refractivity contribution in [2.24, 2.45) is 17.8 Å². The van der Waals surface area contributed by atoms with Crippen LogP contribution in [-0.4, -0.2) is 46.7 Å². The first kappa shape index (κ1) is 17.0. The average molecular weight is 366 g/mol. The first-order valence-electron chi connectivity index (χ1n) is 10.2. The van der Waals surface area contributed by atoms with Gasteiger partial charge in [0.2, 0.25) is 5.91 Å². The molecule has 3 fully saturated rings. The number of rotatable bonds is 3. The summed E-state index contributed by atoms with van der Waals surface area (Å²) in [6.07, 6.45) is 8.40. The van der Waals surface area contributed by atoms with Gasteiger partial charge in [-0.05, 0) is 62.0 Å². The molecule has 0 radical (unpaired) electrons. The van der Waals surface area contributed by atoms with Crippen molar-refractivity contribution in [3.8, 4) is 0 Å². The predicted molar refractivity (Wildman–Crippen MR) is 100 cm³/mol. The van der Waals surface area contributed by atoms with Gasteiger partial charge >= 0.3 is 0 Å². The minimum atomic E-state index is -0.346. The highest BCUT2D eigenvalue weighted by molar-refractivity contribution is 6.22. The maximum Gasteiger partial charge on any atom is 0.262 e. The maximum atomic E-state index is 13.2. The molecule has 1 aromatic carbocycles. The molecule has 4 bridgehead atoms. The van der Waals surface area contributed by atoms with Gasteiger partial charge in [0.1, 0.15) is 6.54 Å². The number of imide groups is 1. The normalized spacial score (nSPS) is 34.0. The molecule has 142 valence electrons. The lowest BCUT2D eigenvalue weighted by Gasteiger charge is -2.54. The van der Waals surface area contributed by atoms with Crippen LogP contribution in [0.4, 0.5) is 0 Å². The topological polar surface area (TPSA) is 57.7 Å². The van der Waals surface area contributed by atoms with E-state index in [1.807, 2.05) is 11.9 Å². The quantitative estimate of drug-likeness (QED) is 0.773. The van der Waals surface area contributed by atoms with Gasteiger partial charge in [0, 0.05) is 12.6 Å². The van der Waals surface area contributed by atoms with Gasteiger partial charge in [-0.15, -0.1) is 0 Å². The molecule has 3 amide bonds. The van der Waals surface area contributed by atoms with Crippen molar-refractivity contribution in [3.63, 3.8) is 0 Å². The summed E-state index contributed by atoms with van der Waals surface area (Å²) >= 11 is 0. The Balaban J connectivity index is 1.37. The summed E-state index contributed by atoms with van der Waals surface area (Å²) in [7, 11) is 1.90. The van der Waals surface area contributed by atoms with E-state index in [1.165, 1.54) is 32.1 Å². The van der Waals surface area contributed by atoms with Crippen molar-refractivity contribution in [1.29, 1.82) is 0 Å². The highest BCUT2D eigenvalue weighted by atomic mass is 16.2. The zero-order valence-corrected chi connectivity index (χ0v) is 15.8. The van der Waals surface area contributed by atoms with Crippen LogP contribution >= 0.6 is 0 Å². The SMILES string of the molecule is CN(C(=O)CN1C(=O)c2ccccc2C1=O)C12CCCC(C1)C1CCC2C1. The zero-order valence-electron chi connectivity index (χ0n) is 15.8. The molecule has 4 unspecified atom stereocenters. The second kappa shape index (κ2) is 5.91. The van der Waals surface area contributed by atoms with Gasteiger partial charge in [0.05, 0.1) is 11.1 Å². The molecule has 1 aliphatic heterocycles. The van der Waals surface area contributed by atoms with E-state index in [0.29, 0.717) is 17.0 Å². The molecular weight excluding hydrogens is 340 g/mol. The lowest BCUT2D eigenvalue weighted by molar-refractivity contribution is -0.143. The Morgan fingerprint density at radius 3 is 2.52 bits per heavy atom. The molecule has 3 saturated carbocycles. The highest BCUT2D eigenvalue weighted by Crippen LogP contribution is 2.58. The van der Waals surface area contributed by atoms with Crippen LogP contribution in [0.15, 0.2) is 24.3 Å². The van der Waals surface area contributed by atoms with E-state index < -0.39 is 0 Å². The third-order valence-electron chi connectivity index (χ3n) is 7.91. The Morgan fingerprint density at radius 2 is 1.81 bits per heavy atom. The van der Waals surface area contributed by atoms with E-state index in [-0.39, 0.29) is 29.8 Å². The Kier molecular flexibility index (Phi) is 3.72. The molecular formula is C22H26N2O3. The Labute approximate surface area is 159 Å². The van der Waals surface area contributed by atoms with E-state index in [1.54, 1.807) is 24.3 Å². The molecule has 1 aromatic rings. The summed E-state index contributed by atoms with van der Waals surface area (Å²) < 4.78 is 0. The highest BCUT2D eigenvalue weighted by Gasteiger charge is 2.55. The molecule has 0 saturated heterocycles. The van der Waals surface area contributed by atoms with Crippen LogP contribution in [-0.2, 0) is 4.79 Å². The van der Waals surface area contributed by atoms with Crippen LogP contribution in [0.2, 0.25) is 0 Å². The summed E-state index contributed by atoms with van der Waals surface area (Å²) in [5.41, 5.74) is 0.751. The molecule has 1 heterocycles. The molecule has 4 aliphatic rings. The van der Waals surface area contributed by atoms with Gasteiger partial charge in [-0.3, -0.25) is 19.3 Å². The molecule has 0 spiro atoms.